The van der Waals surface area contributed by atoms with Gasteiger partial charge in [0.25, 0.3) is 0 Å². The molecule has 1 aliphatic carbocycles. The molecule has 1 saturated carbocycles. The summed E-state index contributed by atoms with van der Waals surface area (Å²) in [6, 6.07) is -4.30. The van der Waals surface area contributed by atoms with Crippen molar-refractivity contribution in [2.75, 3.05) is 19.8 Å². The molecule has 19 heteroatoms. The normalized spacial score (nSPS) is 53.8. The Bertz CT molecular complexity index is 866. The highest BCUT2D eigenvalue weighted by molar-refractivity contribution is 5.02. The van der Waals surface area contributed by atoms with Gasteiger partial charge in [-0.25, -0.2) is 0 Å². The lowest BCUT2D eigenvalue weighted by Crippen LogP contribution is -2.68. The second-order valence-electron chi connectivity index (χ2n) is 11.2. The maximum atomic E-state index is 11.1. The number of nitrogens with two attached hydrogens (primary N) is 5. The van der Waals surface area contributed by atoms with Crippen molar-refractivity contribution in [2.24, 2.45) is 28.7 Å². The molecule has 0 spiro atoms. The number of hydrogen-bond acceptors (Lipinski definition) is 19. The van der Waals surface area contributed by atoms with E-state index in [4.69, 9.17) is 57.1 Å². The summed E-state index contributed by atoms with van der Waals surface area (Å²) in [5, 5.41) is 82.3. The van der Waals surface area contributed by atoms with Gasteiger partial charge in [-0.3, -0.25) is 0 Å². The molecule has 3 aliphatic heterocycles. The molecule has 19 nitrogen and oxygen atoms in total. The second-order valence-corrected chi connectivity index (χ2v) is 11.2. The van der Waals surface area contributed by atoms with E-state index in [2.05, 4.69) is 0 Å². The average molecular weight is 616 g/mol. The summed E-state index contributed by atoms with van der Waals surface area (Å²) in [5.74, 6) is 0. The number of ether oxygens (including phenoxy) is 6. The van der Waals surface area contributed by atoms with Gasteiger partial charge in [-0.15, -0.1) is 0 Å². The first-order valence-corrected chi connectivity index (χ1v) is 13.8. The molecule has 0 radical (unpaired) electrons. The van der Waals surface area contributed by atoms with Crippen LogP contribution in [-0.2, 0) is 28.4 Å². The van der Waals surface area contributed by atoms with E-state index in [-0.39, 0.29) is 13.0 Å². The number of rotatable bonds is 9. The summed E-state index contributed by atoms with van der Waals surface area (Å²) in [6.07, 6.45) is -20.5. The van der Waals surface area contributed by atoms with Crippen molar-refractivity contribution >= 4 is 0 Å². The molecule has 3 saturated heterocycles. The van der Waals surface area contributed by atoms with Crippen molar-refractivity contribution in [1.29, 1.82) is 0 Å². The lowest BCUT2D eigenvalue weighted by atomic mass is 9.84. The minimum atomic E-state index is -1.62. The predicted octanol–water partition coefficient (Wildman–Crippen LogP) is -8.86. The van der Waals surface area contributed by atoms with E-state index in [1.807, 2.05) is 0 Å². The Balaban J connectivity index is 1.50. The number of hydrogen-bond donors (Lipinski definition) is 13. The summed E-state index contributed by atoms with van der Waals surface area (Å²) in [6.45, 7) is -1.49. The van der Waals surface area contributed by atoms with Gasteiger partial charge in [0, 0.05) is 18.6 Å². The van der Waals surface area contributed by atoms with Crippen LogP contribution in [0.2, 0.25) is 0 Å². The van der Waals surface area contributed by atoms with E-state index in [1.54, 1.807) is 0 Å². The van der Waals surface area contributed by atoms with Crippen LogP contribution in [0.3, 0.4) is 0 Å². The van der Waals surface area contributed by atoms with Crippen molar-refractivity contribution < 1.29 is 69.3 Å². The third-order valence-electron chi connectivity index (χ3n) is 8.32. The molecule has 18 N–H and O–H groups in total. The quantitative estimate of drug-likeness (QED) is 0.114. The Morgan fingerprint density at radius 3 is 1.55 bits per heavy atom. The standard InChI is InChI=1S/C23H45N5O14/c24-2-7-13(32)15(34)10(27)21(37-7)41-19-9(4-30)39-23(17(19)36)42-20-12(31)5(25)1-6(26)18(20)40-22-11(28)16(35)14(33)8(3-29)38-22/h5-23,29-36H,1-4,24-28H2/t5-,6+,7+,8-,9-,10+,11-,12+,13-,14-,15-,16+,17+,18-,19-,20+,21-,22+,23-/m1/s1. The molecule has 246 valence electrons. The zero-order valence-electron chi connectivity index (χ0n) is 22.7. The van der Waals surface area contributed by atoms with Gasteiger partial charge < -0.3 is 97.9 Å². The fourth-order valence-corrected chi connectivity index (χ4v) is 5.70. The highest BCUT2D eigenvalue weighted by atomic mass is 16.8. The van der Waals surface area contributed by atoms with Crippen LogP contribution in [0, 0.1) is 0 Å². The molecule has 42 heavy (non-hydrogen) atoms. The van der Waals surface area contributed by atoms with Gasteiger partial charge in [0.2, 0.25) is 0 Å². The maximum Gasteiger partial charge on any atom is 0.187 e. The summed E-state index contributed by atoms with van der Waals surface area (Å²) < 4.78 is 34.4. The van der Waals surface area contributed by atoms with Gasteiger partial charge in [-0.2, -0.15) is 0 Å². The molecular formula is C23H45N5O14. The monoisotopic (exact) mass is 615 g/mol. The molecule has 0 aromatic carbocycles. The van der Waals surface area contributed by atoms with Crippen molar-refractivity contribution in [3.63, 3.8) is 0 Å². The summed E-state index contributed by atoms with van der Waals surface area (Å²) in [4.78, 5) is 0. The van der Waals surface area contributed by atoms with Crippen LogP contribution in [0.15, 0.2) is 0 Å². The number of aliphatic hydroxyl groups excluding tert-OH is 8. The van der Waals surface area contributed by atoms with Gasteiger partial charge in [-0.05, 0) is 6.42 Å². The largest absolute Gasteiger partial charge is 0.394 e. The molecule has 0 aromatic heterocycles. The van der Waals surface area contributed by atoms with Crippen molar-refractivity contribution in [1.82, 2.24) is 0 Å². The van der Waals surface area contributed by atoms with E-state index in [0.717, 1.165) is 0 Å². The minimum absolute atomic E-state index is 0.0642. The van der Waals surface area contributed by atoms with Gasteiger partial charge in [-0.1, -0.05) is 0 Å². The Morgan fingerprint density at radius 2 is 1.00 bits per heavy atom. The van der Waals surface area contributed by atoms with Crippen molar-refractivity contribution in [3.8, 4) is 0 Å². The zero-order chi connectivity index (χ0) is 31.0. The molecule has 4 aliphatic rings. The van der Waals surface area contributed by atoms with Crippen molar-refractivity contribution in [3.05, 3.63) is 0 Å². The minimum Gasteiger partial charge on any atom is -0.394 e. The van der Waals surface area contributed by atoms with Crippen LogP contribution in [0.5, 0.6) is 0 Å². The first kappa shape index (κ1) is 34.1. The fraction of sp³-hybridized carbons (Fsp3) is 1.00. The molecule has 4 rings (SSSR count). The molecule has 3 heterocycles. The average Bonchev–Trinajstić information content (AvgIpc) is 3.27. The summed E-state index contributed by atoms with van der Waals surface area (Å²) in [5.41, 5.74) is 29.9. The van der Waals surface area contributed by atoms with E-state index >= 15 is 0 Å². The predicted molar refractivity (Wildman–Crippen MR) is 136 cm³/mol. The van der Waals surface area contributed by atoms with Crippen LogP contribution >= 0.6 is 0 Å². The van der Waals surface area contributed by atoms with Gasteiger partial charge in [0.1, 0.15) is 67.1 Å². The van der Waals surface area contributed by atoms with E-state index in [1.165, 1.54) is 0 Å². The lowest BCUT2D eigenvalue weighted by Gasteiger charge is -2.47. The van der Waals surface area contributed by atoms with Gasteiger partial charge >= 0.3 is 0 Å². The third kappa shape index (κ3) is 6.60. The second kappa shape index (κ2) is 14.1. The molecule has 4 fully saturated rings. The summed E-state index contributed by atoms with van der Waals surface area (Å²) in [7, 11) is 0. The molecule has 0 amide bonds. The SMILES string of the molecule is NC[C@@H]1O[C@H](O[C@H]2[C@H](O)[C@@H](O[C@H]3[C@@H](O)[C@H](N)C[C@H](N)[C@H]3O[C@@H]3O[C@H](CO)[C@@H](O)[C@@H](O)[C@H]3N)O[C@@H]2CO)[C@@H](N)[C@@H](O)[C@@H]1O. The highest BCUT2D eigenvalue weighted by Gasteiger charge is 2.54. The van der Waals surface area contributed by atoms with Crippen LogP contribution in [0.25, 0.3) is 0 Å². The van der Waals surface area contributed by atoms with E-state index < -0.39 is 129 Å². The highest BCUT2D eigenvalue weighted by Crippen LogP contribution is 2.34. The van der Waals surface area contributed by atoms with Gasteiger partial charge in [0.15, 0.2) is 18.9 Å². The Kier molecular flexibility index (Phi) is 11.5. The van der Waals surface area contributed by atoms with Crippen LogP contribution in [0.4, 0.5) is 0 Å². The molecule has 0 aromatic rings. The zero-order valence-corrected chi connectivity index (χ0v) is 22.7. The fourth-order valence-electron chi connectivity index (χ4n) is 5.70. The molecule has 19 atom stereocenters. The maximum absolute atomic E-state index is 11.1. The van der Waals surface area contributed by atoms with E-state index in [0.29, 0.717) is 0 Å². The molecule has 0 unspecified atom stereocenters. The third-order valence-corrected chi connectivity index (χ3v) is 8.32. The Labute approximate surface area is 240 Å². The van der Waals surface area contributed by atoms with Crippen LogP contribution < -0.4 is 28.7 Å². The first-order valence-electron chi connectivity index (χ1n) is 13.8. The number of aliphatic hydroxyl groups is 8. The van der Waals surface area contributed by atoms with Crippen LogP contribution in [-0.4, -0.2) is 177 Å². The van der Waals surface area contributed by atoms with Crippen molar-refractivity contribution in [2.45, 2.75) is 123 Å². The van der Waals surface area contributed by atoms with Gasteiger partial charge in [0.05, 0.1) is 31.4 Å². The Morgan fingerprint density at radius 1 is 0.524 bits per heavy atom. The molecular weight excluding hydrogens is 570 g/mol. The van der Waals surface area contributed by atoms with Crippen LogP contribution in [0.1, 0.15) is 6.42 Å². The summed E-state index contributed by atoms with van der Waals surface area (Å²) >= 11 is 0. The Hall–Kier alpha value is -0.760. The molecule has 0 bridgehead atoms. The smallest absolute Gasteiger partial charge is 0.187 e. The first-order chi connectivity index (χ1) is 19.8. The lowest BCUT2D eigenvalue weighted by molar-refractivity contribution is -0.310. The van der Waals surface area contributed by atoms with E-state index in [9.17, 15) is 40.9 Å². The topological polar surface area (TPSA) is 347 Å².